The number of carbonyl (C=O) groups is 1. The van der Waals surface area contributed by atoms with E-state index < -0.39 is 10.0 Å². The second-order valence-corrected chi connectivity index (χ2v) is 10.7. The van der Waals surface area contributed by atoms with Crippen molar-refractivity contribution >= 4 is 27.3 Å². The largest absolute Gasteiger partial charge is 0.342 e. The van der Waals surface area contributed by atoms with Crippen molar-refractivity contribution in [2.45, 2.75) is 29.9 Å². The maximum Gasteiger partial charge on any atom is 0.252 e. The molecule has 25 heavy (non-hydrogen) atoms. The third-order valence-corrected chi connectivity index (χ3v) is 9.07. The van der Waals surface area contributed by atoms with Crippen LogP contribution in [0.3, 0.4) is 0 Å². The Morgan fingerprint density at radius 1 is 1.12 bits per heavy atom. The molecule has 0 unspecified atom stereocenters. The van der Waals surface area contributed by atoms with Gasteiger partial charge >= 0.3 is 0 Å². The van der Waals surface area contributed by atoms with E-state index in [0.717, 1.165) is 50.3 Å². The molecule has 1 aromatic heterocycles. The molecule has 0 spiro atoms. The Kier molecular flexibility index (Phi) is 4.87. The van der Waals surface area contributed by atoms with Crippen molar-refractivity contribution in [2.24, 2.45) is 11.8 Å². The molecule has 0 saturated carbocycles. The Bertz CT molecular complexity index is 728. The molecule has 138 valence electrons. The predicted octanol–water partition coefficient (Wildman–Crippen LogP) is 1.14. The number of fused-ring (bicyclic) bond motifs is 1. The van der Waals surface area contributed by atoms with Crippen molar-refractivity contribution in [3.05, 3.63) is 17.0 Å². The number of thiophene rings is 1. The van der Waals surface area contributed by atoms with E-state index in [4.69, 9.17) is 0 Å². The summed E-state index contributed by atoms with van der Waals surface area (Å²) in [5.74, 6) is 1.29. The van der Waals surface area contributed by atoms with Crippen LogP contribution < -0.4 is 5.32 Å². The summed E-state index contributed by atoms with van der Waals surface area (Å²) >= 11 is 1.25. The molecule has 3 fully saturated rings. The van der Waals surface area contributed by atoms with Crippen molar-refractivity contribution in [1.82, 2.24) is 14.5 Å². The van der Waals surface area contributed by atoms with Crippen LogP contribution in [0.5, 0.6) is 0 Å². The Morgan fingerprint density at radius 3 is 2.48 bits per heavy atom. The minimum atomic E-state index is -3.39. The van der Waals surface area contributed by atoms with Crippen molar-refractivity contribution in [1.29, 1.82) is 0 Å². The molecular weight excluding hydrogens is 358 g/mol. The molecule has 1 amide bonds. The van der Waals surface area contributed by atoms with Gasteiger partial charge in [0, 0.05) is 44.1 Å². The third kappa shape index (κ3) is 3.49. The van der Waals surface area contributed by atoms with Crippen molar-refractivity contribution in [3.63, 3.8) is 0 Å². The lowest BCUT2D eigenvalue weighted by Crippen LogP contribution is -2.35. The molecule has 4 heterocycles. The molecular formula is C17H25N3O3S2. The van der Waals surface area contributed by atoms with E-state index in [1.54, 1.807) is 16.4 Å². The smallest absolute Gasteiger partial charge is 0.252 e. The van der Waals surface area contributed by atoms with Crippen molar-refractivity contribution in [2.75, 3.05) is 39.3 Å². The zero-order valence-electron chi connectivity index (χ0n) is 14.3. The summed E-state index contributed by atoms with van der Waals surface area (Å²) in [6.07, 6.45) is 3.28. The first kappa shape index (κ1) is 17.5. The van der Waals surface area contributed by atoms with Gasteiger partial charge in [-0.15, -0.1) is 11.3 Å². The molecule has 8 heteroatoms. The lowest BCUT2D eigenvalue weighted by molar-refractivity contribution is -0.129. The molecule has 1 N–H and O–H groups in total. The average molecular weight is 384 g/mol. The minimum absolute atomic E-state index is 0.123. The molecule has 1 aromatic rings. The van der Waals surface area contributed by atoms with Gasteiger partial charge < -0.3 is 10.2 Å². The van der Waals surface area contributed by atoms with Crippen LogP contribution in [-0.4, -0.2) is 62.8 Å². The highest BCUT2D eigenvalue weighted by molar-refractivity contribution is 7.91. The molecule has 3 saturated heterocycles. The van der Waals surface area contributed by atoms with Crippen LogP contribution in [0, 0.1) is 11.8 Å². The monoisotopic (exact) mass is 383 g/mol. The maximum absolute atomic E-state index is 12.7. The van der Waals surface area contributed by atoms with Crippen LogP contribution in [0.2, 0.25) is 0 Å². The average Bonchev–Trinajstić information content (AvgIpc) is 3.31. The second kappa shape index (κ2) is 6.98. The number of likely N-dealkylation sites (tertiary alicyclic amines) is 1. The number of hydrogen-bond donors (Lipinski definition) is 1. The summed E-state index contributed by atoms with van der Waals surface area (Å²) < 4.78 is 27.4. The fourth-order valence-electron chi connectivity index (χ4n) is 4.14. The zero-order chi connectivity index (χ0) is 17.4. The van der Waals surface area contributed by atoms with Gasteiger partial charge in [0.15, 0.2) is 0 Å². The highest BCUT2D eigenvalue weighted by Crippen LogP contribution is 2.29. The van der Waals surface area contributed by atoms with Crippen LogP contribution in [0.4, 0.5) is 0 Å². The number of nitrogens with zero attached hydrogens (tertiary/aromatic N) is 2. The van der Waals surface area contributed by atoms with Crippen LogP contribution >= 0.6 is 11.3 Å². The number of sulfonamides is 1. The van der Waals surface area contributed by atoms with E-state index in [9.17, 15) is 13.2 Å². The topological polar surface area (TPSA) is 69.7 Å². The Hall–Kier alpha value is -0.960. The fraction of sp³-hybridized carbons (Fsp3) is 0.706. The SMILES string of the molecule is O=C(Cc1ccc(S(=O)(=O)N2CCCCC2)s1)N1C[C@H]2CNC[C@H]2C1. The summed E-state index contributed by atoms with van der Waals surface area (Å²) in [5.41, 5.74) is 0. The van der Waals surface area contributed by atoms with Gasteiger partial charge in [-0.2, -0.15) is 4.31 Å². The lowest BCUT2D eigenvalue weighted by atomic mass is 10.0. The highest BCUT2D eigenvalue weighted by atomic mass is 32.2. The second-order valence-electron chi connectivity index (χ2n) is 7.34. The van der Waals surface area contributed by atoms with Crippen LogP contribution in [0.25, 0.3) is 0 Å². The van der Waals surface area contributed by atoms with Crippen LogP contribution in [-0.2, 0) is 21.2 Å². The molecule has 3 aliphatic heterocycles. The predicted molar refractivity (Wildman–Crippen MR) is 97.1 cm³/mol. The summed E-state index contributed by atoms with van der Waals surface area (Å²) in [7, 11) is -3.39. The number of rotatable bonds is 4. The first-order valence-electron chi connectivity index (χ1n) is 9.11. The van der Waals surface area contributed by atoms with Gasteiger partial charge in [0.2, 0.25) is 5.91 Å². The number of piperidine rings is 1. The van der Waals surface area contributed by atoms with Gasteiger partial charge in [0.25, 0.3) is 10.0 Å². The first-order chi connectivity index (χ1) is 12.0. The van der Waals surface area contributed by atoms with Gasteiger partial charge in [-0.3, -0.25) is 4.79 Å². The molecule has 4 rings (SSSR count). The molecule has 0 radical (unpaired) electrons. The number of amides is 1. The zero-order valence-corrected chi connectivity index (χ0v) is 15.9. The van der Waals surface area contributed by atoms with Crippen molar-refractivity contribution in [3.8, 4) is 0 Å². The fourth-order valence-corrected chi connectivity index (χ4v) is 7.16. The summed E-state index contributed by atoms with van der Waals surface area (Å²) in [4.78, 5) is 15.4. The number of carbonyl (C=O) groups excluding carboxylic acids is 1. The molecule has 3 aliphatic rings. The van der Waals surface area contributed by atoms with Gasteiger partial charge in [0.1, 0.15) is 4.21 Å². The first-order valence-corrected chi connectivity index (χ1v) is 11.4. The van der Waals surface area contributed by atoms with Crippen LogP contribution in [0.15, 0.2) is 16.3 Å². The highest BCUT2D eigenvalue weighted by Gasteiger charge is 2.38. The van der Waals surface area contributed by atoms with Gasteiger partial charge in [-0.25, -0.2) is 8.42 Å². The number of hydrogen-bond acceptors (Lipinski definition) is 5. The summed E-state index contributed by atoms with van der Waals surface area (Å²) in [6, 6.07) is 3.47. The van der Waals surface area contributed by atoms with E-state index in [2.05, 4.69) is 5.32 Å². The van der Waals surface area contributed by atoms with E-state index in [1.807, 2.05) is 4.90 Å². The summed E-state index contributed by atoms with van der Waals surface area (Å²) in [6.45, 7) is 4.90. The van der Waals surface area contributed by atoms with Gasteiger partial charge in [-0.1, -0.05) is 6.42 Å². The molecule has 0 aromatic carbocycles. The van der Waals surface area contributed by atoms with Gasteiger partial charge in [-0.05, 0) is 36.8 Å². The maximum atomic E-state index is 12.7. The quantitative estimate of drug-likeness (QED) is 0.847. The molecule has 2 atom stereocenters. The van der Waals surface area contributed by atoms with Crippen LogP contribution in [0.1, 0.15) is 24.1 Å². The van der Waals surface area contributed by atoms with Crippen molar-refractivity contribution < 1.29 is 13.2 Å². The molecule has 6 nitrogen and oxygen atoms in total. The Labute approximate surface area is 153 Å². The molecule has 0 aliphatic carbocycles. The third-order valence-electron chi connectivity index (χ3n) is 5.61. The Morgan fingerprint density at radius 2 is 1.80 bits per heavy atom. The van der Waals surface area contributed by atoms with E-state index in [1.165, 1.54) is 11.3 Å². The minimum Gasteiger partial charge on any atom is -0.342 e. The summed E-state index contributed by atoms with van der Waals surface area (Å²) in [5, 5.41) is 3.38. The molecule has 0 bridgehead atoms. The van der Waals surface area contributed by atoms with E-state index in [0.29, 0.717) is 35.6 Å². The Balaban J connectivity index is 1.40. The lowest BCUT2D eigenvalue weighted by Gasteiger charge is -2.25. The van der Waals surface area contributed by atoms with Gasteiger partial charge in [0.05, 0.1) is 6.42 Å². The normalized spacial score (nSPS) is 27.6. The standard InChI is InChI=1S/C17H25N3O3S2/c21-16(19-11-13-9-18-10-14(13)12-19)8-15-4-5-17(24-15)25(22,23)20-6-2-1-3-7-20/h4-5,13-14,18H,1-3,6-12H2/t13-,14+. The van der Waals surface area contributed by atoms with E-state index in [-0.39, 0.29) is 5.91 Å². The number of nitrogens with one attached hydrogen (secondary N) is 1. The van der Waals surface area contributed by atoms with E-state index >= 15 is 0 Å².